The van der Waals surface area contributed by atoms with Crippen LogP contribution in [-0.2, 0) is 9.53 Å². The maximum atomic E-state index is 11.7. The normalized spacial score (nSPS) is 15.6. The Morgan fingerprint density at radius 1 is 1.44 bits per heavy atom. The van der Waals surface area contributed by atoms with E-state index in [1.165, 1.54) is 0 Å². The van der Waals surface area contributed by atoms with Gasteiger partial charge in [-0.05, 0) is 40.7 Å². The summed E-state index contributed by atoms with van der Waals surface area (Å²) >= 11 is 0. The largest absolute Gasteiger partial charge is 0.459 e. The Hall–Kier alpha value is -0.610. The first-order valence-electron chi connectivity index (χ1n) is 5.92. The van der Waals surface area contributed by atoms with Crippen molar-refractivity contribution in [1.82, 2.24) is 5.32 Å². The standard InChI is InChI=1S/C12H25NO3/c1-6-7-8-13-10(9(2)14)11(15)16-12(3,4)5/h9-10,13-14H,6-8H2,1-5H3. The number of aliphatic hydroxyl groups is 1. The van der Waals surface area contributed by atoms with Gasteiger partial charge in [-0.2, -0.15) is 0 Å². The smallest absolute Gasteiger partial charge is 0.326 e. The van der Waals surface area contributed by atoms with Crippen molar-refractivity contribution < 1.29 is 14.6 Å². The lowest BCUT2D eigenvalue weighted by molar-refractivity contribution is -0.160. The molecule has 0 spiro atoms. The molecule has 2 unspecified atom stereocenters. The summed E-state index contributed by atoms with van der Waals surface area (Å²) < 4.78 is 5.23. The van der Waals surface area contributed by atoms with Crippen molar-refractivity contribution in [2.24, 2.45) is 0 Å². The summed E-state index contributed by atoms with van der Waals surface area (Å²) in [6.07, 6.45) is 1.28. The highest BCUT2D eigenvalue weighted by Crippen LogP contribution is 2.10. The molecule has 0 aliphatic rings. The van der Waals surface area contributed by atoms with Crippen molar-refractivity contribution in [3.05, 3.63) is 0 Å². The monoisotopic (exact) mass is 231 g/mol. The lowest BCUT2D eigenvalue weighted by Gasteiger charge is -2.26. The number of aliphatic hydroxyl groups excluding tert-OH is 1. The first-order chi connectivity index (χ1) is 7.28. The molecule has 0 radical (unpaired) electrons. The van der Waals surface area contributed by atoms with Gasteiger partial charge in [0.05, 0.1) is 6.10 Å². The van der Waals surface area contributed by atoms with Crippen LogP contribution >= 0.6 is 0 Å². The van der Waals surface area contributed by atoms with Gasteiger partial charge >= 0.3 is 5.97 Å². The van der Waals surface area contributed by atoms with E-state index in [2.05, 4.69) is 12.2 Å². The Bertz CT molecular complexity index is 209. The highest BCUT2D eigenvalue weighted by Gasteiger charge is 2.28. The Balaban J connectivity index is 4.25. The number of rotatable bonds is 6. The van der Waals surface area contributed by atoms with Crippen molar-refractivity contribution in [3.8, 4) is 0 Å². The zero-order valence-corrected chi connectivity index (χ0v) is 11.0. The van der Waals surface area contributed by atoms with E-state index in [0.717, 1.165) is 12.8 Å². The van der Waals surface area contributed by atoms with Gasteiger partial charge in [0.2, 0.25) is 0 Å². The van der Waals surface area contributed by atoms with Gasteiger partial charge in [0.1, 0.15) is 11.6 Å². The zero-order chi connectivity index (χ0) is 12.8. The maximum Gasteiger partial charge on any atom is 0.326 e. The second-order valence-corrected chi connectivity index (χ2v) is 5.06. The third-order valence-corrected chi connectivity index (χ3v) is 2.04. The summed E-state index contributed by atoms with van der Waals surface area (Å²) in [5.74, 6) is -0.390. The quantitative estimate of drug-likeness (QED) is 0.537. The first-order valence-corrected chi connectivity index (χ1v) is 5.92. The van der Waals surface area contributed by atoms with Crippen LogP contribution < -0.4 is 5.32 Å². The maximum absolute atomic E-state index is 11.7. The van der Waals surface area contributed by atoms with Crippen LogP contribution in [0.4, 0.5) is 0 Å². The second kappa shape index (κ2) is 6.86. The lowest BCUT2D eigenvalue weighted by Crippen LogP contribution is -2.48. The van der Waals surface area contributed by atoms with Crippen LogP contribution in [0.15, 0.2) is 0 Å². The molecular formula is C12H25NO3. The number of hydrogen-bond acceptors (Lipinski definition) is 4. The molecule has 0 aliphatic carbocycles. The van der Waals surface area contributed by atoms with Gasteiger partial charge in [0.25, 0.3) is 0 Å². The number of carbonyl (C=O) groups excluding carboxylic acids is 1. The topological polar surface area (TPSA) is 58.6 Å². The number of esters is 1. The van der Waals surface area contributed by atoms with Crippen molar-refractivity contribution in [3.63, 3.8) is 0 Å². The minimum atomic E-state index is -0.744. The van der Waals surface area contributed by atoms with Crippen molar-refractivity contribution in [2.75, 3.05) is 6.54 Å². The average Bonchev–Trinajstić information content (AvgIpc) is 2.08. The number of hydrogen-bond donors (Lipinski definition) is 2. The molecule has 4 nitrogen and oxygen atoms in total. The van der Waals surface area contributed by atoms with Crippen LogP contribution in [-0.4, -0.2) is 35.4 Å². The molecule has 0 aromatic heterocycles. The van der Waals surface area contributed by atoms with E-state index in [-0.39, 0.29) is 0 Å². The van der Waals surface area contributed by atoms with E-state index in [1.54, 1.807) is 6.92 Å². The lowest BCUT2D eigenvalue weighted by atomic mass is 10.1. The molecule has 0 heterocycles. The molecule has 0 aromatic rings. The summed E-state index contributed by atoms with van der Waals surface area (Å²) in [7, 11) is 0. The molecule has 2 atom stereocenters. The van der Waals surface area contributed by atoms with Gasteiger partial charge in [-0.15, -0.1) is 0 Å². The highest BCUT2D eigenvalue weighted by molar-refractivity contribution is 5.76. The van der Waals surface area contributed by atoms with E-state index in [0.29, 0.717) is 6.54 Å². The molecule has 0 aromatic carbocycles. The van der Waals surface area contributed by atoms with Gasteiger partial charge in [0, 0.05) is 0 Å². The van der Waals surface area contributed by atoms with E-state index < -0.39 is 23.7 Å². The van der Waals surface area contributed by atoms with Crippen molar-refractivity contribution in [2.45, 2.75) is 65.2 Å². The summed E-state index contributed by atoms with van der Waals surface area (Å²) in [5.41, 5.74) is -0.517. The molecule has 0 saturated heterocycles. The Kier molecular flexibility index (Phi) is 6.60. The third kappa shape index (κ3) is 6.80. The van der Waals surface area contributed by atoms with Crippen LogP contribution in [0.2, 0.25) is 0 Å². The minimum Gasteiger partial charge on any atom is -0.459 e. The molecule has 96 valence electrons. The van der Waals surface area contributed by atoms with Crippen LogP contribution in [0.5, 0.6) is 0 Å². The van der Waals surface area contributed by atoms with Gasteiger partial charge in [-0.3, -0.25) is 4.79 Å². The third-order valence-electron chi connectivity index (χ3n) is 2.04. The first kappa shape index (κ1) is 15.4. The fourth-order valence-corrected chi connectivity index (χ4v) is 1.25. The zero-order valence-electron chi connectivity index (χ0n) is 11.0. The molecule has 0 rings (SSSR count). The molecule has 0 amide bonds. The van der Waals surface area contributed by atoms with Crippen LogP contribution in [0.25, 0.3) is 0 Å². The van der Waals surface area contributed by atoms with Crippen LogP contribution in [0, 0.1) is 0 Å². The average molecular weight is 231 g/mol. The Morgan fingerprint density at radius 3 is 2.38 bits per heavy atom. The molecule has 2 N–H and O–H groups in total. The molecular weight excluding hydrogens is 206 g/mol. The summed E-state index contributed by atoms with van der Waals surface area (Å²) in [6.45, 7) is 9.83. The van der Waals surface area contributed by atoms with Gasteiger partial charge < -0.3 is 15.2 Å². The predicted molar refractivity (Wildman–Crippen MR) is 64.2 cm³/mol. The fourth-order valence-electron chi connectivity index (χ4n) is 1.25. The van der Waals surface area contributed by atoms with Gasteiger partial charge in [-0.1, -0.05) is 13.3 Å². The molecule has 4 heteroatoms. The second-order valence-electron chi connectivity index (χ2n) is 5.06. The minimum absolute atomic E-state index is 0.390. The molecule has 0 bridgehead atoms. The van der Waals surface area contributed by atoms with Gasteiger partial charge in [0.15, 0.2) is 0 Å². The number of nitrogens with one attached hydrogen (secondary N) is 1. The predicted octanol–water partition coefficient (Wildman–Crippen LogP) is 1.47. The highest BCUT2D eigenvalue weighted by atomic mass is 16.6. The molecule has 0 aliphatic heterocycles. The van der Waals surface area contributed by atoms with E-state index >= 15 is 0 Å². The van der Waals surface area contributed by atoms with Crippen LogP contribution in [0.3, 0.4) is 0 Å². The number of unbranched alkanes of at least 4 members (excludes halogenated alkanes) is 1. The van der Waals surface area contributed by atoms with E-state index in [9.17, 15) is 9.90 Å². The molecule has 0 fully saturated rings. The Morgan fingerprint density at radius 2 is 2.00 bits per heavy atom. The van der Waals surface area contributed by atoms with Gasteiger partial charge in [-0.25, -0.2) is 0 Å². The molecule has 0 saturated carbocycles. The van der Waals surface area contributed by atoms with Crippen LogP contribution in [0.1, 0.15) is 47.5 Å². The van der Waals surface area contributed by atoms with E-state index in [4.69, 9.17) is 4.74 Å². The summed E-state index contributed by atoms with van der Waals surface area (Å²) in [5, 5.41) is 12.5. The summed E-state index contributed by atoms with van der Waals surface area (Å²) in [6, 6.07) is -0.634. The number of ether oxygens (including phenoxy) is 1. The fraction of sp³-hybridized carbons (Fsp3) is 0.917. The molecule has 16 heavy (non-hydrogen) atoms. The summed E-state index contributed by atoms with van der Waals surface area (Å²) in [4.78, 5) is 11.7. The number of carbonyl (C=O) groups is 1. The SMILES string of the molecule is CCCCNC(C(=O)OC(C)(C)C)C(C)O. The Labute approximate surface area is 98.4 Å². The van der Waals surface area contributed by atoms with Crippen molar-refractivity contribution in [1.29, 1.82) is 0 Å². The van der Waals surface area contributed by atoms with Crippen molar-refractivity contribution >= 4 is 5.97 Å². The van der Waals surface area contributed by atoms with E-state index in [1.807, 2.05) is 20.8 Å².